The number of benzene rings is 1. The molecular weight excluding hydrogens is 224 g/mol. The van der Waals surface area contributed by atoms with E-state index in [0.29, 0.717) is 11.5 Å². The van der Waals surface area contributed by atoms with E-state index < -0.39 is 10.7 Å². The van der Waals surface area contributed by atoms with Crippen molar-refractivity contribution in [2.75, 3.05) is 6.61 Å². The van der Waals surface area contributed by atoms with Gasteiger partial charge in [-0.25, -0.2) is 8.42 Å². The molecule has 16 heavy (non-hydrogen) atoms. The Bertz CT molecular complexity index is 360. The Hall–Kier alpha value is -1.03. The van der Waals surface area contributed by atoms with Gasteiger partial charge in [0.25, 0.3) is 0 Å². The zero-order valence-electron chi connectivity index (χ0n) is 9.52. The van der Waals surface area contributed by atoms with Gasteiger partial charge in [-0.1, -0.05) is 26.2 Å². The zero-order valence-corrected chi connectivity index (χ0v) is 10.4. The van der Waals surface area contributed by atoms with Crippen molar-refractivity contribution in [1.29, 1.82) is 0 Å². The summed E-state index contributed by atoms with van der Waals surface area (Å²) >= 11 is 0. The van der Waals surface area contributed by atoms with Gasteiger partial charge in [0, 0.05) is 0 Å². The van der Waals surface area contributed by atoms with Crippen LogP contribution < -0.4 is 4.74 Å². The smallest absolute Gasteiger partial charge is 0.168 e. The largest absolute Gasteiger partial charge is 0.494 e. The van der Waals surface area contributed by atoms with Crippen molar-refractivity contribution in [1.82, 2.24) is 0 Å². The Balaban J connectivity index is 2.32. The SMILES string of the molecule is CCCCCCOc1ccc([SH](=O)=O)cc1. The molecule has 0 aliphatic carbocycles. The second kappa shape index (κ2) is 7.28. The number of unbranched alkanes of at least 4 members (excludes halogenated alkanes) is 3. The van der Waals surface area contributed by atoms with Gasteiger partial charge < -0.3 is 4.74 Å². The van der Waals surface area contributed by atoms with Gasteiger partial charge in [0.05, 0.1) is 11.5 Å². The Morgan fingerprint density at radius 2 is 1.75 bits per heavy atom. The Morgan fingerprint density at radius 3 is 2.31 bits per heavy atom. The highest BCUT2D eigenvalue weighted by molar-refractivity contribution is 7.72. The van der Waals surface area contributed by atoms with E-state index in [1.54, 1.807) is 24.3 Å². The van der Waals surface area contributed by atoms with E-state index in [-0.39, 0.29) is 0 Å². The summed E-state index contributed by atoms with van der Waals surface area (Å²) in [6.07, 6.45) is 4.68. The highest BCUT2D eigenvalue weighted by Gasteiger charge is 1.96. The lowest BCUT2D eigenvalue weighted by atomic mass is 10.2. The average Bonchev–Trinajstić information content (AvgIpc) is 2.29. The van der Waals surface area contributed by atoms with Crippen LogP contribution in [0.1, 0.15) is 32.6 Å². The van der Waals surface area contributed by atoms with Crippen molar-refractivity contribution in [2.24, 2.45) is 0 Å². The maximum Gasteiger partial charge on any atom is 0.168 e. The normalized spacial score (nSPS) is 10.6. The number of rotatable bonds is 7. The van der Waals surface area contributed by atoms with E-state index in [4.69, 9.17) is 4.74 Å². The minimum atomic E-state index is -2.48. The quantitative estimate of drug-likeness (QED) is 0.590. The molecule has 3 nitrogen and oxygen atoms in total. The molecule has 0 aliphatic rings. The standard InChI is InChI=1S/C12H18O3S/c1-2-3-4-5-10-15-11-6-8-12(9-7-11)16(13)14/h6-9,16H,2-5,10H2,1H3. The molecule has 0 N–H and O–H groups in total. The minimum Gasteiger partial charge on any atom is -0.494 e. The summed E-state index contributed by atoms with van der Waals surface area (Å²) in [5.74, 6) is 0.733. The monoisotopic (exact) mass is 242 g/mol. The molecule has 0 fully saturated rings. The van der Waals surface area contributed by atoms with Gasteiger partial charge in [-0.15, -0.1) is 0 Å². The molecule has 0 radical (unpaired) electrons. The summed E-state index contributed by atoms with van der Waals surface area (Å²) in [7, 11) is -2.48. The third-order valence-electron chi connectivity index (χ3n) is 2.31. The third-order valence-corrected chi connectivity index (χ3v) is 3.03. The summed E-state index contributed by atoms with van der Waals surface area (Å²) < 4.78 is 26.8. The first-order chi connectivity index (χ1) is 7.74. The van der Waals surface area contributed by atoms with Gasteiger partial charge in [0.2, 0.25) is 0 Å². The predicted octanol–water partition coefficient (Wildman–Crippen LogP) is 2.62. The molecule has 0 aromatic heterocycles. The highest BCUT2D eigenvalue weighted by Crippen LogP contribution is 2.13. The summed E-state index contributed by atoms with van der Waals surface area (Å²) in [6.45, 7) is 2.87. The maximum atomic E-state index is 10.6. The second-order valence-electron chi connectivity index (χ2n) is 3.66. The van der Waals surface area contributed by atoms with Crippen LogP contribution in [-0.2, 0) is 10.7 Å². The minimum absolute atomic E-state index is 0.327. The molecule has 0 unspecified atom stereocenters. The number of hydrogen-bond donors (Lipinski definition) is 1. The van der Waals surface area contributed by atoms with E-state index in [1.807, 2.05) is 0 Å². The van der Waals surface area contributed by atoms with Crippen LogP contribution in [0.15, 0.2) is 29.2 Å². The van der Waals surface area contributed by atoms with Crippen molar-refractivity contribution < 1.29 is 13.2 Å². The molecule has 1 aromatic carbocycles. The number of thiol groups is 1. The first kappa shape index (κ1) is 13.0. The molecule has 0 saturated carbocycles. The topological polar surface area (TPSA) is 43.4 Å². The van der Waals surface area contributed by atoms with Crippen LogP contribution in [0.4, 0.5) is 0 Å². The van der Waals surface area contributed by atoms with E-state index in [1.165, 1.54) is 19.3 Å². The lowest BCUT2D eigenvalue weighted by Crippen LogP contribution is -1.97. The maximum absolute atomic E-state index is 10.6. The Labute approximate surface area is 98.4 Å². The van der Waals surface area contributed by atoms with Gasteiger partial charge >= 0.3 is 0 Å². The average molecular weight is 242 g/mol. The first-order valence-electron chi connectivity index (χ1n) is 5.61. The molecule has 90 valence electrons. The van der Waals surface area contributed by atoms with Crippen LogP contribution >= 0.6 is 0 Å². The van der Waals surface area contributed by atoms with E-state index in [9.17, 15) is 8.42 Å². The molecular formula is C12H18O3S. The zero-order chi connectivity index (χ0) is 11.8. The van der Waals surface area contributed by atoms with Crippen molar-refractivity contribution in [3.05, 3.63) is 24.3 Å². The molecule has 0 spiro atoms. The first-order valence-corrected chi connectivity index (χ1v) is 6.79. The van der Waals surface area contributed by atoms with Crippen molar-refractivity contribution in [3.63, 3.8) is 0 Å². The van der Waals surface area contributed by atoms with E-state index in [0.717, 1.165) is 12.2 Å². The Morgan fingerprint density at radius 1 is 1.06 bits per heavy atom. The van der Waals surface area contributed by atoms with Gasteiger partial charge in [0.15, 0.2) is 10.7 Å². The second-order valence-corrected chi connectivity index (χ2v) is 4.69. The Kier molecular flexibility index (Phi) is 5.93. The van der Waals surface area contributed by atoms with Gasteiger partial charge in [-0.05, 0) is 30.7 Å². The molecule has 0 amide bonds. The lowest BCUT2D eigenvalue weighted by Gasteiger charge is -2.05. The van der Waals surface area contributed by atoms with Crippen molar-refractivity contribution >= 4 is 10.7 Å². The fourth-order valence-corrected chi connectivity index (χ4v) is 1.78. The molecule has 0 bridgehead atoms. The summed E-state index contributed by atoms with van der Waals surface area (Å²) in [5.41, 5.74) is 0. The van der Waals surface area contributed by atoms with Crippen LogP contribution in [0, 0.1) is 0 Å². The molecule has 0 heterocycles. The lowest BCUT2D eigenvalue weighted by molar-refractivity contribution is 0.305. The summed E-state index contributed by atoms with van der Waals surface area (Å²) in [4.78, 5) is 0.327. The molecule has 1 rings (SSSR count). The third kappa shape index (κ3) is 4.66. The molecule has 0 atom stereocenters. The summed E-state index contributed by atoms with van der Waals surface area (Å²) in [6, 6.07) is 6.51. The van der Waals surface area contributed by atoms with Crippen LogP contribution in [0.3, 0.4) is 0 Å². The highest BCUT2D eigenvalue weighted by atomic mass is 32.2. The van der Waals surface area contributed by atoms with E-state index >= 15 is 0 Å². The van der Waals surface area contributed by atoms with Crippen molar-refractivity contribution in [3.8, 4) is 5.75 Å². The number of ether oxygens (including phenoxy) is 1. The summed E-state index contributed by atoms with van der Waals surface area (Å²) in [5, 5.41) is 0. The van der Waals surface area contributed by atoms with Gasteiger partial charge in [0.1, 0.15) is 5.75 Å². The molecule has 1 aromatic rings. The van der Waals surface area contributed by atoms with Crippen LogP contribution in [0.5, 0.6) is 5.75 Å². The van der Waals surface area contributed by atoms with Gasteiger partial charge in [-0.2, -0.15) is 0 Å². The molecule has 0 aliphatic heterocycles. The fourth-order valence-electron chi connectivity index (χ4n) is 1.38. The van der Waals surface area contributed by atoms with Crippen LogP contribution in [-0.4, -0.2) is 15.0 Å². The molecule has 0 saturated heterocycles. The fraction of sp³-hybridized carbons (Fsp3) is 0.500. The van der Waals surface area contributed by atoms with Crippen molar-refractivity contribution in [2.45, 2.75) is 37.5 Å². The number of hydrogen-bond acceptors (Lipinski definition) is 3. The van der Waals surface area contributed by atoms with Gasteiger partial charge in [-0.3, -0.25) is 0 Å². The van der Waals surface area contributed by atoms with E-state index in [2.05, 4.69) is 6.92 Å². The van der Waals surface area contributed by atoms with Crippen LogP contribution in [0.25, 0.3) is 0 Å². The van der Waals surface area contributed by atoms with Crippen LogP contribution in [0.2, 0.25) is 0 Å². The molecule has 4 heteroatoms. The predicted molar refractivity (Wildman–Crippen MR) is 64.7 cm³/mol.